The average Bonchev–Trinajstić information content (AvgIpc) is 3.33. The van der Waals surface area contributed by atoms with Gasteiger partial charge in [-0.15, -0.1) is 0 Å². The molecule has 2 N–H and O–H groups in total. The van der Waals surface area contributed by atoms with Crippen molar-refractivity contribution in [2.24, 2.45) is 7.05 Å². The molecule has 0 atom stereocenters. The van der Waals surface area contributed by atoms with Crippen LogP contribution in [0.2, 0.25) is 0 Å². The lowest BCUT2D eigenvalue weighted by Crippen LogP contribution is -2.12. The molecular formula is C18H18N6O2S. The van der Waals surface area contributed by atoms with E-state index in [2.05, 4.69) is 25.6 Å². The summed E-state index contributed by atoms with van der Waals surface area (Å²) in [5, 5.41) is 14.6. The number of carbonyl (C=O) groups excluding carboxylic acids is 1. The van der Waals surface area contributed by atoms with Crippen molar-refractivity contribution in [1.82, 2.24) is 25.0 Å². The molecule has 0 saturated carbocycles. The maximum absolute atomic E-state index is 12.6. The Balaban J connectivity index is 1.57. The number of aromatic nitrogens is 5. The number of para-hydroxylation sites is 1. The molecule has 0 radical (unpaired) electrons. The molecule has 0 fully saturated rings. The predicted octanol–water partition coefficient (Wildman–Crippen LogP) is 3.38. The van der Waals surface area contributed by atoms with E-state index in [1.165, 1.54) is 11.3 Å². The van der Waals surface area contributed by atoms with Crippen molar-refractivity contribution in [2.45, 2.75) is 13.8 Å². The number of amides is 1. The molecule has 0 spiro atoms. The fourth-order valence-electron chi connectivity index (χ4n) is 2.84. The number of thiazole rings is 1. The standard InChI is InChI=1S/C18H18N6O2S/c1-4-26-14-6-5-7-15-16(14)19-18(27-15)20-17(25)13-8-12(21-22-13)11-9-24(3)23-10(11)2/h5-9H,4H2,1-3H3,(H,21,22)(H,19,20,25). The molecule has 0 aliphatic rings. The van der Waals surface area contributed by atoms with Gasteiger partial charge >= 0.3 is 0 Å². The summed E-state index contributed by atoms with van der Waals surface area (Å²) in [4.78, 5) is 17.1. The highest BCUT2D eigenvalue weighted by atomic mass is 32.1. The molecule has 1 aromatic carbocycles. The SMILES string of the molecule is CCOc1cccc2sc(NC(=O)c3cc(-c4cn(C)nc4C)n[nH]3)nc12. The minimum absolute atomic E-state index is 0.299. The largest absolute Gasteiger partial charge is 0.492 e. The summed E-state index contributed by atoms with van der Waals surface area (Å²) in [5.74, 6) is 0.412. The molecule has 0 aliphatic carbocycles. The second-order valence-electron chi connectivity index (χ2n) is 5.98. The molecule has 0 aliphatic heterocycles. The van der Waals surface area contributed by atoms with Gasteiger partial charge in [-0.2, -0.15) is 10.2 Å². The fraction of sp³-hybridized carbons (Fsp3) is 0.222. The number of benzene rings is 1. The Hall–Kier alpha value is -3.20. The molecule has 4 rings (SSSR count). The van der Waals surface area contributed by atoms with E-state index >= 15 is 0 Å². The summed E-state index contributed by atoms with van der Waals surface area (Å²) in [5.41, 5.74) is 3.52. The second kappa shape index (κ2) is 6.84. The van der Waals surface area contributed by atoms with Gasteiger partial charge in [-0.25, -0.2) is 4.98 Å². The molecule has 27 heavy (non-hydrogen) atoms. The van der Waals surface area contributed by atoms with Crippen LogP contribution < -0.4 is 10.1 Å². The Morgan fingerprint density at radius 1 is 1.41 bits per heavy atom. The topological polar surface area (TPSA) is 97.7 Å². The van der Waals surface area contributed by atoms with Crippen LogP contribution in [0.4, 0.5) is 5.13 Å². The van der Waals surface area contributed by atoms with Gasteiger partial charge < -0.3 is 4.74 Å². The molecule has 138 valence electrons. The smallest absolute Gasteiger partial charge is 0.275 e. The number of H-pyrrole nitrogens is 1. The minimum Gasteiger partial charge on any atom is -0.492 e. The van der Waals surface area contributed by atoms with Crippen LogP contribution >= 0.6 is 11.3 Å². The van der Waals surface area contributed by atoms with Crippen molar-refractivity contribution < 1.29 is 9.53 Å². The first-order valence-corrected chi connectivity index (χ1v) is 9.26. The van der Waals surface area contributed by atoms with Gasteiger partial charge in [0.1, 0.15) is 17.0 Å². The van der Waals surface area contributed by atoms with Gasteiger partial charge in [-0.3, -0.25) is 19.9 Å². The molecule has 4 aromatic rings. The Kier molecular flexibility index (Phi) is 4.36. The van der Waals surface area contributed by atoms with Crippen LogP contribution in [0, 0.1) is 6.92 Å². The highest BCUT2D eigenvalue weighted by Gasteiger charge is 2.16. The number of nitrogens with zero attached hydrogens (tertiary/aromatic N) is 4. The second-order valence-corrected chi connectivity index (χ2v) is 7.01. The highest BCUT2D eigenvalue weighted by molar-refractivity contribution is 7.22. The van der Waals surface area contributed by atoms with E-state index in [9.17, 15) is 4.79 Å². The molecule has 0 unspecified atom stereocenters. The van der Waals surface area contributed by atoms with Crippen molar-refractivity contribution in [2.75, 3.05) is 11.9 Å². The van der Waals surface area contributed by atoms with Gasteiger partial charge in [-0.1, -0.05) is 17.4 Å². The van der Waals surface area contributed by atoms with E-state index in [-0.39, 0.29) is 5.91 Å². The van der Waals surface area contributed by atoms with Gasteiger partial charge in [-0.05, 0) is 32.0 Å². The summed E-state index contributed by atoms with van der Waals surface area (Å²) in [7, 11) is 1.85. The monoisotopic (exact) mass is 382 g/mol. The van der Waals surface area contributed by atoms with Crippen LogP contribution in [0.15, 0.2) is 30.5 Å². The molecule has 0 saturated heterocycles. The fourth-order valence-corrected chi connectivity index (χ4v) is 3.72. The number of ether oxygens (including phenoxy) is 1. The number of hydrogen-bond acceptors (Lipinski definition) is 6. The van der Waals surface area contributed by atoms with Crippen LogP contribution in [0.1, 0.15) is 23.1 Å². The zero-order chi connectivity index (χ0) is 19.0. The lowest BCUT2D eigenvalue weighted by Gasteiger charge is -2.02. The van der Waals surface area contributed by atoms with Crippen molar-refractivity contribution in [3.63, 3.8) is 0 Å². The number of aryl methyl sites for hydroxylation is 2. The molecule has 3 heterocycles. The zero-order valence-corrected chi connectivity index (χ0v) is 15.9. The number of nitrogens with one attached hydrogen (secondary N) is 2. The summed E-state index contributed by atoms with van der Waals surface area (Å²) < 4.78 is 8.26. The van der Waals surface area contributed by atoms with Crippen LogP contribution in [0.3, 0.4) is 0 Å². The summed E-state index contributed by atoms with van der Waals surface area (Å²) in [6.07, 6.45) is 1.87. The van der Waals surface area contributed by atoms with E-state index in [1.807, 2.05) is 45.3 Å². The number of carbonyl (C=O) groups is 1. The first-order chi connectivity index (χ1) is 13.0. The Morgan fingerprint density at radius 2 is 2.26 bits per heavy atom. The van der Waals surface area contributed by atoms with Crippen LogP contribution in [0.5, 0.6) is 5.75 Å². The minimum atomic E-state index is -0.299. The first-order valence-electron chi connectivity index (χ1n) is 8.45. The zero-order valence-electron chi connectivity index (χ0n) is 15.1. The number of aromatic amines is 1. The first kappa shape index (κ1) is 17.2. The lowest BCUT2D eigenvalue weighted by atomic mass is 10.2. The van der Waals surface area contributed by atoms with Gasteiger partial charge in [0, 0.05) is 18.8 Å². The van der Waals surface area contributed by atoms with Crippen molar-refractivity contribution >= 4 is 32.6 Å². The molecule has 3 aromatic heterocycles. The molecule has 1 amide bonds. The maximum atomic E-state index is 12.6. The highest BCUT2D eigenvalue weighted by Crippen LogP contribution is 2.32. The van der Waals surface area contributed by atoms with E-state index in [1.54, 1.807) is 10.7 Å². The molecule has 8 nitrogen and oxygen atoms in total. The van der Waals surface area contributed by atoms with Crippen molar-refractivity contribution in [3.05, 3.63) is 41.9 Å². The third-order valence-corrected chi connectivity index (χ3v) is 4.95. The van der Waals surface area contributed by atoms with Crippen molar-refractivity contribution in [3.8, 4) is 17.0 Å². The molecule has 0 bridgehead atoms. The molecular weight excluding hydrogens is 364 g/mol. The molecule has 9 heteroatoms. The van der Waals surface area contributed by atoms with Crippen LogP contribution in [0.25, 0.3) is 21.5 Å². The van der Waals surface area contributed by atoms with Gasteiger partial charge in [0.05, 0.1) is 22.7 Å². The Bertz CT molecular complexity index is 1130. The van der Waals surface area contributed by atoms with E-state index in [4.69, 9.17) is 4.74 Å². The van der Waals surface area contributed by atoms with E-state index < -0.39 is 0 Å². The van der Waals surface area contributed by atoms with Crippen LogP contribution in [-0.2, 0) is 7.05 Å². The number of rotatable bonds is 5. The summed E-state index contributed by atoms with van der Waals surface area (Å²) in [6, 6.07) is 7.44. The van der Waals surface area contributed by atoms with Gasteiger partial charge in [0.25, 0.3) is 5.91 Å². The summed E-state index contributed by atoms with van der Waals surface area (Å²) >= 11 is 1.40. The number of hydrogen-bond donors (Lipinski definition) is 2. The Morgan fingerprint density at radius 3 is 3.00 bits per heavy atom. The Labute approximate surface area is 159 Å². The van der Waals surface area contributed by atoms with Gasteiger partial charge in [0.2, 0.25) is 0 Å². The van der Waals surface area contributed by atoms with Gasteiger partial charge in [0.15, 0.2) is 5.13 Å². The summed E-state index contributed by atoms with van der Waals surface area (Å²) in [6.45, 7) is 4.39. The van der Waals surface area contributed by atoms with Crippen molar-refractivity contribution in [1.29, 1.82) is 0 Å². The predicted molar refractivity (Wildman–Crippen MR) is 104 cm³/mol. The third kappa shape index (κ3) is 3.28. The number of anilines is 1. The normalized spacial score (nSPS) is 11.1. The lowest BCUT2D eigenvalue weighted by molar-refractivity contribution is 0.102. The van der Waals surface area contributed by atoms with E-state index in [0.717, 1.165) is 21.5 Å². The quantitative estimate of drug-likeness (QED) is 0.551. The number of fused-ring (bicyclic) bond motifs is 1. The van der Waals surface area contributed by atoms with E-state index in [0.29, 0.717) is 28.9 Å². The van der Waals surface area contributed by atoms with Crippen LogP contribution in [-0.4, -0.2) is 37.5 Å². The third-order valence-electron chi connectivity index (χ3n) is 4.01. The average molecular weight is 382 g/mol. The maximum Gasteiger partial charge on any atom is 0.275 e.